The maximum Gasteiger partial charge on any atom is 0.223 e. The van der Waals surface area contributed by atoms with Gasteiger partial charge in [0.25, 0.3) is 0 Å². The first-order chi connectivity index (χ1) is 10.3. The summed E-state index contributed by atoms with van der Waals surface area (Å²) >= 11 is 0. The molecule has 1 saturated heterocycles. The summed E-state index contributed by atoms with van der Waals surface area (Å²) in [4.78, 5) is 13.9. The van der Waals surface area contributed by atoms with Gasteiger partial charge in [-0.15, -0.1) is 0 Å². The Labute approximate surface area is 131 Å². The maximum atomic E-state index is 12.2. The molecule has 1 aliphatic heterocycles. The largest absolute Gasteiger partial charge is 0.396 e. The van der Waals surface area contributed by atoms with Crippen molar-refractivity contribution in [1.29, 1.82) is 0 Å². The number of hydrogen-bond donors (Lipinski definition) is 2. The van der Waals surface area contributed by atoms with Gasteiger partial charge in [0.05, 0.1) is 11.8 Å². The van der Waals surface area contributed by atoms with Crippen LogP contribution in [0.5, 0.6) is 0 Å². The summed E-state index contributed by atoms with van der Waals surface area (Å²) in [5, 5.41) is 14.4. The third-order valence-electron chi connectivity index (χ3n) is 3.95. The molecular weight excluding hydrogens is 304 g/mol. The second-order valence-electron chi connectivity index (χ2n) is 5.88. The number of benzene rings is 1. The first kappa shape index (κ1) is 16.9. The summed E-state index contributed by atoms with van der Waals surface area (Å²) in [5.41, 5.74) is 2.07. The van der Waals surface area contributed by atoms with Crippen molar-refractivity contribution in [3.63, 3.8) is 0 Å². The highest BCUT2D eigenvalue weighted by molar-refractivity contribution is 7.89. The first-order valence-corrected chi connectivity index (χ1v) is 8.99. The topological polar surface area (TPSA) is 101 Å². The van der Waals surface area contributed by atoms with E-state index in [1.54, 1.807) is 4.90 Å². The normalized spacial score (nSPS) is 20.4. The maximum absolute atomic E-state index is 12.2. The van der Waals surface area contributed by atoms with Gasteiger partial charge >= 0.3 is 0 Å². The highest BCUT2D eigenvalue weighted by Crippen LogP contribution is 2.31. The van der Waals surface area contributed by atoms with Gasteiger partial charge in [-0.1, -0.05) is 29.8 Å². The molecule has 1 aromatic rings. The van der Waals surface area contributed by atoms with Crippen LogP contribution in [0.3, 0.4) is 0 Å². The Balaban J connectivity index is 2.18. The lowest BCUT2D eigenvalue weighted by Gasteiger charge is -2.28. The molecule has 22 heavy (non-hydrogen) atoms. The van der Waals surface area contributed by atoms with E-state index < -0.39 is 10.0 Å². The van der Waals surface area contributed by atoms with Gasteiger partial charge in [0.15, 0.2) is 0 Å². The summed E-state index contributed by atoms with van der Waals surface area (Å²) in [5.74, 6) is -0.559. The second kappa shape index (κ2) is 6.76. The Morgan fingerprint density at radius 1 is 1.36 bits per heavy atom. The van der Waals surface area contributed by atoms with Gasteiger partial charge in [-0.2, -0.15) is 0 Å². The molecule has 0 spiro atoms. The minimum absolute atomic E-state index is 0.0395. The van der Waals surface area contributed by atoms with E-state index in [1.807, 2.05) is 31.2 Å². The van der Waals surface area contributed by atoms with E-state index in [2.05, 4.69) is 0 Å². The average Bonchev–Trinajstić information content (AvgIpc) is 2.75. The van der Waals surface area contributed by atoms with Gasteiger partial charge in [0.1, 0.15) is 0 Å². The minimum Gasteiger partial charge on any atom is -0.396 e. The lowest BCUT2D eigenvalue weighted by Crippen LogP contribution is -2.32. The zero-order valence-electron chi connectivity index (χ0n) is 12.6. The molecule has 1 fully saturated rings. The molecule has 1 amide bonds. The third-order valence-corrected chi connectivity index (χ3v) is 4.88. The molecule has 0 radical (unpaired) electrons. The fourth-order valence-electron chi connectivity index (χ4n) is 2.96. The summed E-state index contributed by atoms with van der Waals surface area (Å²) in [6.07, 6.45) is 0.612. The van der Waals surface area contributed by atoms with E-state index in [4.69, 9.17) is 5.14 Å². The Bertz CT molecular complexity index is 627. The molecule has 1 aliphatic rings. The predicted octanol–water partition coefficient (Wildman–Crippen LogP) is 0.556. The number of primary sulfonamides is 1. The number of aliphatic hydroxyl groups excluding tert-OH is 1. The van der Waals surface area contributed by atoms with Crippen LogP contribution in [-0.4, -0.2) is 43.2 Å². The van der Waals surface area contributed by atoms with E-state index in [-0.39, 0.29) is 36.6 Å². The number of likely N-dealkylation sites (tertiary alicyclic amines) is 1. The molecule has 0 aliphatic carbocycles. The van der Waals surface area contributed by atoms with Crippen molar-refractivity contribution in [1.82, 2.24) is 4.90 Å². The van der Waals surface area contributed by atoms with Gasteiger partial charge in [-0.25, -0.2) is 13.6 Å². The number of aryl methyl sites for hydroxylation is 1. The standard InChI is InChI=1S/C15H22N2O4S/c1-11-2-4-13(5-3-11)14(6-7-18)17-9-12(8-15(17)19)10-22(16,20)21/h2-5,12,14,18H,6-10H2,1H3,(H2,16,20,21). The highest BCUT2D eigenvalue weighted by atomic mass is 32.2. The van der Waals surface area contributed by atoms with E-state index >= 15 is 0 Å². The van der Waals surface area contributed by atoms with Gasteiger partial charge in [-0.05, 0) is 18.9 Å². The van der Waals surface area contributed by atoms with Crippen molar-refractivity contribution in [3.05, 3.63) is 35.4 Å². The Kier molecular flexibility index (Phi) is 5.20. The van der Waals surface area contributed by atoms with Gasteiger partial charge < -0.3 is 10.0 Å². The number of carbonyl (C=O) groups excluding carboxylic acids is 1. The lowest BCUT2D eigenvalue weighted by molar-refractivity contribution is -0.130. The van der Waals surface area contributed by atoms with E-state index in [0.29, 0.717) is 13.0 Å². The van der Waals surface area contributed by atoms with Crippen LogP contribution in [0.1, 0.15) is 30.0 Å². The number of carbonyl (C=O) groups is 1. The molecule has 0 saturated carbocycles. The van der Waals surface area contributed by atoms with Crippen molar-refractivity contribution in [3.8, 4) is 0 Å². The van der Waals surface area contributed by atoms with E-state index in [9.17, 15) is 18.3 Å². The molecule has 2 rings (SSSR count). The monoisotopic (exact) mass is 326 g/mol. The zero-order chi connectivity index (χ0) is 16.3. The fraction of sp³-hybridized carbons (Fsp3) is 0.533. The van der Waals surface area contributed by atoms with Gasteiger partial charge in [0, 0.05) is 25.5 Å². The van der Waals surface area contributed by atoms with Crippen molar-refractivity contribution >= 4 is 15.9 Å². The average molecular weight is 326 g/mol. The van der Waals surface area contributed by atoms with Crippen LogP contribution in [0.2, 0.25) is 0 Å². The number of aliphatic hydroxyl groups is 1. The van der Waals surface area contributed by atoms with Gasteiger partial charge in [-0.3, -0.25) is 4.79 Å². The van der Waals surface area contributed by atoms with E-state index in [1.165, 1.54) is 0 Å². The molecule has 3 N–H and O–H groups in total. The van der Waals surface area contributed by atoms with Crippen LogP contribution in [0, 0.1) is 12.8 Å². The molecule has 122 valence electrons. The number of hydrogen-bond acceptors (Lipinski definition) is 4. The molecular formula is C15H22N2O4S. The smallest absolute Gasteiger partial charge is 0.223 e. The molecule has 1 aromatic carbocycles. The Morgan fingerprint density at radius 3 is 2.55 bits per heavy atom. The second-order valence-corrected chi connectivity index (χ2v) is 7.54. The minimum atomic E-state index is -3.59. The number of nitrogens with two attached hydrogens (primary N) is 1. The molecule has 0 bridgehead atoms. The number of rotatable bonds is 6. The Hall–Kier alpha value is -1.44. The Morgan fingerprint density at radius 2 is 2.00 bits per heavy atom. The van der Waals surface area contributed by atoms with Crippen LogP contribution in [-0.2, 0) is 14.8 Å². The van der Waals surface area contributed by atoms with Crippen molar-refractivity contribution in [2.24, 2.45) is 11.1 Å². The van der Waals surface area contributed by atoms with Crippen molar-refractivity contribution in [2.75, 3.05) is 18.9 Å². The predicted molar refractivity (Wildman–Crippen MR) is 83.4 cm³/mol. The molecule has 0 aromatic heterocycles. The molecule has 2 unspecified atom stereocenters. The summed E-state index contributed by atoms with van der Waals surface area (Å²) in [6, 6.07) is 7.57. The van der Waals surface area contributed by atoms with Crippen LogP contribution < -0.4 is 5.14 Å². The number of amides is 1. The van der Waals surface area contributed by atoms with Crippen molar-refractivity contribution < 1.29 is 18.3 Å². The number of nitrogens with zero attached hydrogens (tertiary/aromatic N) is 1. The van der Waals surface area contributed by atoms with Crippen LogP contribution in [0.15, 0.2) is 24.3 Å². The van der Waals surface area contributed by atoms with E-state index in [0.717, 1.165) is 11.1 Å². The summed E-state index contributed by atoms with van der Waals surface area (Å²) in [6.45, 7) is 2.30. The number of sulfonamides is 1. The van der Waals surface area contributed by atoms with Gasteiger partial charge in [0.2, 0.25) is 15.9 Å². The SMILES string of the molecule is Cc1ccc(C(CCO)N2CC(CS(N)(=O)=O)CC2=O)cc1. The lowest BCUT2D eigenvalue weighted by atomic mass is 10.0. The third kappa shape index (κ3) is 4.28. The van der Waals surface area contributed by atoms with Crippen LogP contribution >= 0.6 is 0 Å². The summed E-state index contributed by atoms with van der Waals surface area (Å²) < 4.78 is 22.4. The fourth-order valence-corrected chi connectivity index (χ4v) is 3.84. The molecule has 6 nitrogen and oxygen atoms in total. The molecule has 1 heterocycles. The molecule has 7 heteroatoms. The molecule has 2 atom stereocenters. The van der Waals surface area contributed by atoms with Crippen molar-refractivity contribution in [2.45, 2.75) is 25.8 Å². The summed E-state index contributed by atoms with van der Waals surface area (Å²) in [7, 11) is -3.59. The quantitative estimate of drug-likeness (QED) is 0.797. The highest BCUT2D eigenvalue weighted by Gasteiger charge is 2.36. The van der Waals surface area contributed by atoms with Crippen LogP contribution in [0.25, 0.3) is 0 Å². The van der Waals surface area contributed by atoms with Crippen LogP contribution in [0.4, 0.5) is 0 Å². The first-order valence-electron chi connectivity index (χ1n) is 7.27. The zero-order valence-corrected chi connectivity index (χ0v) is 13.4.